The van der Waals surface area contributed by atoms with Gasteiger partial charge in [-0.3, -0.25) is 4.57 Å². The van der Waals surface area contributed by atoms with Gasteiger partial charge in [0.25, 0.3) is 0 Å². The molecule has 3 aromatic heterocycles. The predicted octanol–water partition coefficient (Wildman–Crippen LogP) is 10.7. The third-order valence-electron chi connectivity index (χ3n) is 11.1. The van der Waals surface area contributed by atoms with E-state index in [2.05, 4.69) is 196 Å². The van der Waals surface area contributed by atoms with E-state index in [-0.39, 0.29) is 0 Å². The molecule has 0 N–H and O–H groups in total. The van der Waals surface area contributed by atoms with Gasteiger partial charge in [-0.1, -0.05) is 124 Å². The third-order valence-corrected chi connectivity index (χ3v) is 14.6. The number of benzene rings is 5. The molecule has 52 heavy (non-hydrogen) atoms. The van der Waals surface area contributed by atoms with E-state index in [1.807, 2.05) is 6.20 Å². The van der Waals surface area contributed by atoms with E-state index in [1.165, 1.54) is 71.2 Å². The molecule has 0 saturated carbocycles. The largest absolute Gasteiger partial charge is 0.294 e. The fraction of sp³-hybridized carbons (Fsp3) is 0.234. The molecule has 8 rings (SSSR count). The molecule has 0 unspecified atom stereocenters. The molecule has 0 amide bonds. The molecule has 0 fully saturated rings. The summed E-state index contributed by atoms with van der Waals surface area (Å²) >= 11 is 0. The second-order valence-corrected chi connectivity index (χ2v) is 20.2. The maximum absolute atomic E-state index is 5.06. The molecule has 260 valence electrons. The molecule has 3 heterocycles. The number of hydrogen-bond acceptors (Lipinski definition) is 1. The highest BCUT2D eigenvalue weighted by Gasteiger charge is 2.29. The van der Waals surface area contributed by atoms with Crippen LogP contribution in [0.15, 0.2) is 134 Å². The van der Waals surface area contributed by atoms with Gasteiger partial charge in [0.15, 0.2) is 11.0 Å². The maximum atomic E-state index is 5.06. The summed E-state index contributed by atoms with van der Waals surface area (Å²) in [5, 5.41) is 5.32. The Bertz CT molecular complexity index is 2570. The number of nitrogens with zero attached hydrogens (tertiary/aromatic N) is 4. The van der Waals surface area contributed by atoms with Crippen molar-refractivity contribution in [3.05, 3.63) is 145 Å². The zero-order chi connectivity index (χ0) is 36.3. The Hall–Kier alpha value is -5.26. The molecule has 0 aliphatic rings. The van der Waals surface area contributed by atoms with Crippen molar-refractivity contribution in [2.75, 3.05) is 0 Å². The van der Waals surface area contributed by atoms with Crippen LogP contribution in [0.2, 0.25) is 13.1 Å². The van der Waals surface area contributed by atoms with Crippen LogP contribution in [0.4, 0.5) is 0 Å². The Morgan fingerprint density at radius 3 is 1.98 bits per heavy atom. The lowest BCUT2D eigenvalue weighted by atomic mass is 9.85. The van der Waals surface area contributed by atoms with Gasteiger partial charge >= 0.3 is 0 Å². The number of fused-ring (bicyclic) bond motifs is 4. The Balaban J connectivity index is 1.28. The van der Waals surface area contributed by atoms with Gasteiger partial charge < -0.3 is 0 Å². The molecule has 5 aromatic carbocycles. The lowest BCUT2D eigenvalue weighted by Crippen LogP contribution is -2.52. The number of para-hydroxylation sites is 3. The Morgan fingerprint density at radius 1 is 0.596 bits per heavy atom. The summed E-state index contributed by atoms with van der Waals surface area (Å²) in [6.07, 6.45) is 4.26. The van der Waals surface area contributed by atoms with Crippen LogP contribution < -0.4 is 14.9 Å². The van der Waals surface area contributed by atoms with E-state index in [1.54, 1.807) is 0 Å². The Morgan fingerprint density at radius 2 is 1.25 bits per heavy atom. The van der Waals surface area contributed by atoms with Crippen molar-refractivity contribution >= 4 is 51.3 Å². The summed E-state index contributed by atoms with van der Waals surface area (Å²) in [6, 6.07) is 45.6. The highest BCUT2D eigenvalue weighted by Crippen LogP contribution is 2.38. The van der Waals surface area contributed by atoms with Crippen molar-refractivity contribution in [2.24, 2.45) is 0 Å². The molecular formula is C47H49N4Si+. The molecule has 0 atom stereocenters. The number of aromatic nitrogens is 4. The lowest BCUT2D eigenvalue weighted by molar-refractivity contribution is -0.691. The van der Waals surface area contributed by atoms with Gasteiger partial charge in [-0.05, 0) is 96.5 Å². The van der Waals surface area contributed by atoms with Crippen molar-refractivity contribution in [1.82, 2.24) is 14.1 Å². The minimum Gasteiger partial charge on any atom is -0.294 e. The number of imidazole rings is 1. The molecule has 0 bridgehead atoms. The maximum Gasteiger partial charge on any atom is 0.250 e. The van der Waals surface area contributed by atoms with E-state index in [4.69, 9.17) is 4.98 Å². The van der Waals surface area contributed by atoms with E-state index in [9.17, 15) is 0 Å². The molecular weight excluding hydrogens is 649 g/mol. The first kappa shape index (κ1) is 33.9. The number of rotatable bonds is 8. The zero-order valence-electron chi connectivity index (χ0n) is 31.7. The average Bonchev–Trinajstić information content (AvgIpc) is 3.71. The second-order valence-electron chi connectivity index (χ2n) is 15.8. The molecule has 0 aliphatic carbocycles. The summed E-state index contributed by atoms with van der Waals surface area (Å²) in [6.45, 7) is 18.6. The third kappa shape index (κ3) is 5.59. The molecule has 0 aliphatic heterocycles. The van der Waals surface area contributed by atoms with Gasteiger partial charge in [0.2, 0.25) is 6.33 Å². The fourth-order valence-corrected chi connectivity index (χ4v) is 10.5. The molecule has 0 radical (unpaired) electrons. The van der Waals surface area contributed by atoms with Crippen LogP contribution in [0, 0.1) is 0 Å². The molecule has 5 heteroatoms. The summed E-state index contributed by atoms with van der Waals surface area (Å²) in [7, 11) is -2.15. The zero-order valence-corrected chi connectivity index (χ0v) is 32.7. The van der Waals surface area contributed by atoms with Gasteiger partial charge in [-0.25, -0.2) is 9.55 Å². The molecule has 4 nitrogen and oxygen atoms in total. The lowest BCUT2D eigenvalue weighted by Gasteiger charge is -2.24. The number of pyridine rings is 1. The molecule has 8 aromatic rings. The minimum atomic E-state index is -2.15. The van der Waals surface area contributed by atoms with Crippen molar-refractivity contribution in [3.63, 3.8) is 0 Å². The smallest absolute Gasteiger partial charge is 0.250 e. The van der Waals surface area contributed by atoms with Gasteiger partial charge in [-0.15, -0.1) is 0 Å². The van der Waals surface area contributed by atoms with E-state index in [0.29, 0.717) is 17.9 Å². The highest BCUT2D eigenvalue weighted by molar-refractivity contribution is 7.00. The van der Waals surface area contributed by atoms with Crippen LogP contribution in [0.3, 0.4) is 0 Å². The SMILES string of the molecule is CC(C)c1cccc(C(C)C)c1-c1ccnc(-n2c3ccccc3c3ccc([Si](C)(C)c4cccc(-n5c[n+](C(C)C)c6ccccc65)c4)cc32)c1. The Labute approximate surface area is 309 Å². The predicted molar refractivity (Wildman–Crippen MR) is 223 cm³/mol. The summed E-state index contributed by atoms with van der Waals surface area (Å²) in [4.78, 5) is 5.06. The second kappa shape index (κ2) is 13.1. The minimum absolute atomic E-state index is 0.371. The number of hydrogen-bond donors (Lipinski definition) is 0. The summed E-state index contributed by atoms with van der Waals surface area (Å²) in [5.74, 6) is 1.78. The van der Waals surface area contributed by atoms with Crippen LogP contribution in [0.5, 0.6) is 0 Å². The summed E-state index contributed by atoms with van der Waals surface area (Å²) < 4.78 is 7.11. The summed E-state index contributed by atoms with van der Waals surface area (Å²) in [5.41, 5.74) is 11.4. The fourth-order valence-electron chi connectivity index (χ4n) is 8.15. The van der Waals surface area contributed by atoms with Crippen molar-refractivity contribution in [2.45, 2.75) is 72.5 Å². The van der Waals surface area contributed by atoms with Crippen molar-refractivity contribution in [3.8, 4) is 22.6 Å². The first-order chi connectivity index (χ1) is 25.0. The van der Waals surface area contributed by atoms with Crippen LogP contribution in [-0.4, -0.2) is 22.2 Å². The first-order valence-corrected chi connectivity index (χ1v) is 21.8. The highest BCUT2D eigenvalue weighted by atomic mass is 28.3. The average molecular weight is 698 g/mol. The van der Waals surface area contributed by atoms with E-state index < -0.39 is 8.07 Å². The van der Waals surface area contributed by atoms with E-state index in [0.717, 1.165) is 5.82 Å². The van der Waals surface area contributed by atoms with Gasteiger partial charge in [-0.2, -0.15) is 4.57 Å². The van der Waals surface area contributed by atoms with Gasteiger partial charge in [0.05, 0.1) is 17.1 Å². The normalized spacial score (nSPS) is 12.4. The van der Waals surface area contributed by atoms with Gasteiger partial charge in [0, 0.05) is 17.0 Å². The quantitative estimate of drug-likeness (QED) is 0.115. The molecule has 0 spiro atoms. The monoisotopic (exact) mass is 697 g/mol. The van der Waals surface area contributed by atoms with Crippen LogP contribution >= 0.6 is 0 Å². The van der Waals surface area contributed by atoms with Crippen LogP contribution in [-0.2, 0) is 0 Å². The topological polar surface area (TPSA) is 26.6 Å². The van der Waals surface area contributed by atoms with Crippen molar-refractivity contribution < 1.29 is 4.57 Å². The Kier molecular flexibility index (Phi) is 8.50. The van der Waals surface area contributed by atoms with Crippen LogP contribution in [0.25, 0.3) is 55.5 Å². The first-order valence-electron chi connectivity index (χ1n) is 18.8. The van der Waals surface area contributed by atoms with Crippen LogP contribution in [0.1, 0.15) is 70.5 Å². The van der Waals surface area contributed by atoms with E-state index >= 15 is 0 Å². The van der Waals surface area contributed by atoms with Crippen molar-refractivity contribution in [1.29, 1.82) is 0 Å². The molecule has 0 saturated heterocycles. The van der Waals surface area contributed by atoms with Gasteiger partial charge in [0.1, 0.15) is 19.6 Å². The standard InChI is InChI=1S/C47H49N4Si/c1-31(2)38-18-14-19-39(32(3)4)47(38)34-25-26-48-46(27-34)51-42-20-10-9-17-40(42)41-24-23-37(29-45(41)51)52(7,8)36-16-13-15-35(28-36)50-30-49(33(5)6)43-21-11-12-22-44(43)50/h9-33H,1-8H3/q+1.